The molecule has 0 N–H and O–H groups in total. The van der Waals surface area contributed by atoms with Gasteiger partial charge in [0, 0.05) is 25.5 Å². The van der Waals surface area contributed by atoms with E-state index in [1.165, 1.54) is 24.6 Å². The molecule has 23 heavy (non-hydrogen) atoms. The van der Waals surface area contributed by atoms with Crippen molar-refractivity contribution in [3.8, 4) is 6.07 Å². The van der Waals surface area contributed by atoms with Crippen LogP contribution in [0.2, 0.25) is 0 Å². The molecule has 2 aliphatic rings. The van der Waals surface area contributed by atoms with Gasteiger partial charge in [-0.15, -0.1) is 0 Å². The molecule has 1 heterocycles. The molecule has 0 aromatic carbocycles. The first-order valence-electron chi connectivity index (χ1n) is 8.46. The molecule has 1 atom stereocenters. The number of aromatic nitrogens is 2. The third-order valence-corrected chi connectivity index (χ3v) is 6.15. The van der Waals surface area contributed by atoms with Gasteiger partial charge in [-0.05, 0) is 32.6 Å². The van der Waals surface area contributed by atoms with Gasteiger partial charge in [0.25, 0.3) is 0 Å². The molecule has 0 saturated heterocycles. The largest absolute Gasteiger partial charge is 0.326 e. The molecule has 3 rings (SSSR count). The smallest absolute Gasteiger partial charge is 0.236 e. The summed E-state index contributed by atoms with van der Waals surface area (Å²) in [5.74, 6) is 0.0313. The highest BCUT2D eigenvalue weighted by atomic mass is 32.2. The molecule has 1 aromatic heterocycles. The Morgan fingerprint density at radius 2 is 2.17 bits per heavy atom. The van der Waals surface area contributed by atoms with Crippen molar-refractivity contribution in [1.29, 1.82) is 5.26 Å². The van der Waals surface area contributed by atoms with E-state index in [1.807, 2.05) is 13.1 Å². The Bertz CT molecular complexity index is 610. The fourth-order valence-corrected chi connectivity index (χ4v) is 4.40. The number of carbonyl (C=O) groups excluding carboxylic acids is 1. The maximum absolute atomic E-state index is 12.8. The number of rotatable bonds is 5. The Labute approximate surface area is 142 Å². The summed E-state index contributed by atoms with van der Waals surface area (Å²) in [6.45, 7) is 1.92. The molecular weight excluding hydrogens is 308 g/mol. The second kappa shape index (κ2) is 6.56. The van der Waals surface area contributed by atoms with Gasteiger partial charge in [0.1, 0.15) is 5.54 Å². The number of nitrogens with zero attached hydrogens (tertiary/aromatic N) is 4. The number of nitriles is 1. The SMILES string of the molecule is CC(Sc1nccn1C1CC1)C(=O)N(C)C1(C#N)CCCCC1. The molecule has 1 unspecified atom stereocenters. The number of hydrogen-bond donors (Lipinski definition) is 0. The molecule has 1 aromatic rings. The van der Waals surface area contributed by atoms with Gasteiger partial charge >= 0.3 is 0 Å². The molecular formula is C17H24N4OS. The van der Waals surface area contributed by atoms with Crippen LogP contribution in [0.3, 0.4) is 0 Å². The van der Waals surface area contributed by atoms with Crippen LogP contribution in [-0.2, 0) is 4.79 Å². The first-order valence-corrected chi connectivity index (χ1v) is 9.34. The molecule has 124 valence electrons. The number of carbonyl (C=O) groups is 1. The Kier molecular flexibility index (Phi) is 4.67. The number of imidazole rings is 1. The van der Waals surface area contributed by atoms with E-state index in [9.17, 15) is 10.1 Å². The number of thioether (sulfide) groups is 1. The summed E-state index contributed by atoms with van der Waals surface area (Å²) in [6, 6.07) is 2.99. The van der Waals surface area contributed by atoms with Crippen molar-refractivity contribution in [2.75, 3.05) is 7.05 Å². The summed E-state index contributed by atoms with van der Waals surface area (Å²) in [6.07, 6.45) is 11.0. The van der Waals surface area contributed by atoms with Gasteiger partial charge in [-0.2, -0.15) is 5.26 Å². The molecule has 0 bridgehead atoms. The average Bonchev–Trinajstić information content (AvgIpc) is 3.33. The highest BCUT2D eigenvalue weighted by Gasteiger charge is 2.40. The highest BCUT2D eigenvalue weighted by Crippen LogP contribution is 2.39. The standard InChI is InChI=1S/C17H24N4OS/c1-13(23-16-19-10-11-21(16)14-6-7-14)15(22)20(2)17(12-18)8-4-3-5-9-17/h10-11,13-14H,3-9H2,1-2H3. The van der Waals surface area contributed by atoms with Gasteiger partial charge in [0.15, 0.2) is 5.16 Å². The maximum Gasteiger partial charge on any atom is 0.236 e. The summed E-state index contributed by atoms with van der Waals surface area (Å²) < 4.78 is 2.18. The summed E-state index contributed by atoms with van der Waals surface area (Å²) in [4.78, 5) is 18.9. The zero-order valence-electron chi connectivity index (χ0n) is 13.9. The van der Waals surface area contributed by atoms with Crippen LogP contribution in [0.4, 0.5) is 0 Å². The van der Waals surface area contributed by atoms with E-state index < -0.39 is 5.54 Å². The predicted molar refractivity (Wildman–Crippen MR) is 90.0 cm³/mol. The monoisotopic (exact) mass is 332 g/mol. The fourth-order valence-electron chi connectivity index (χ4n) is 3.37. The Morgan fingerprint density at radius 3 is 2.78 bits per heavy atom. The predicted octanol–water partition coefficient (Wildman–Crippen LogP) is 3.38. The van der Waals surface area contributed by atoms with E-state index in [2.05, 4.69) is 15.6 Å². The van der Waals surface area contributed by atoms with Crippen LogP contribution in [0.15, 0.2) is 17.6 Å². The van der Waals surface area contributed by atoms with Gasteiger partial charge in [-0.1, -0.05) is 31.0 Å². The van der Waals surface area contributed by atoms with Crippen LogP contribution < -0.4 is 0 Å². The lowest BCUT2D eigenvalue weighted by molar-refractivity contribution is -0.133. The fraction of sp³-hybridized carbons (Fsp3) is 0.706. The van der Waals surface area contributed by atoms with Crippen molar-refractivity contribution in [3.63, 3.8) is 0 Å². The van der Waals surface area contributed by atoms with Crippen molar-refractivity contribution in [2.45, 2.75) is 73.9 Å². The van der Waals surface area contributed by atoms with E-state index in [-0.39, 0.29) is 11.2 Å². The summed E-state index contributed by atoms with van der Waals surface area (Å²) in [5, 5.41) is 10.3. The minimum Gasteiger partial charge on any atom is -0.326 e. The summed E-state index contributed by atoms with van der Waals surface area (Å²) in [5.41, 5.74) is -0.615. The molecule has 0 spiro atoms. The molecule has 0 radical (unpaired) electrons. The van der Waals surface area contributed by atoms with Crippen LogP contribution in [0.5, 0.6) is 0 Å². The quantitative estimate of drug-likeness (QED) is 0.776. The minimum absolute atomic E-state index is 0.0313. The van der Waals surface area contributed by atoms with Crippen LogP contribution in [0.25, 0.3) is 0 Å². The van der Waals surface area contributed by atoms with Crippen molar-refractivity contribution in [2.24, 2.45) is 0 Å². The summed E-state index contributed by atoms with van der Waals surface area (Å²) in [7, 11) is 1.79. The number of amides is 1. The molecule has 2 aliphatic carbocycles. The van der Waals surface area contributed by atoms with E-state index >= 15 is 0 Å². The van der Waals surface area contributed by atoms with Gasteiger partial charge in [-0.25, -0.2) is 4.98 Å². The normalized spacial score (nSPS) is 21.4. The highest BCUT2D eigenvalue weighted by molar-refractivity contribution is 8.00. The lowest BCUT2D eigenvalue weighted by atomic mass is 9.81. The van der Waals surface area contributed by atoms with E-state index in [4.69, 9.17) is 0 Å². The van der Waals surface area contributed by atoms with Gasteiger partial charge in [0.2, 0.25) is 5.91 Å². The second-order valence-corrected chi connectivity index (χ2v) is 8.02. The van der Waals surface area contributed by atoms with Crippen LogP contribution in [0, 0.1) is 11.3 Å². The average molecular weight is 332 g/mol. The van der Waals surface area contributed by atoms with Gasteiger partial charge < -0.3 is 9.47 Å². The molecule has 6 heteroatoms. The lowest BCUT2D eigenvalue weighted by Crippen LogP contribution is -2.52. The van der Waals surface area contributed by atoms with Crippen molar-refractivity contribution < 1.29 is 4.79 Å². The Hall–Kier alpha value is -1.48. The molecule has 2 saturated carbocycles. The molecule has 2 fully saturated rings. The van der Waals surface area contributed by atoms with Crippen LogP contribution in [0.1, 0.15) is 57.9 Å². The molecule has 0 aliphatic heterocycles. The first-order chi connectivity index (χ1) is 11.1. The van der Waals surface area contributed by atoms with Crippen molar-refractivity contribution >= 4 is 17.7 Å². The maximum atomic E-state index is 12.8. The third kappa shape index (κ3) is 3.25. The molecule has 5 nitrogen and oxygen atoms in total. The van der Waals surface area contributed by atoms with E-state index in [1.54, 1.807) is 18.1 Å². The molecule has 1 amide bonds. The zero-order valence-corrected chi connectivity index (χ0v) is 14.7. The second-order valence-electron chi connectivity index (χ2n) is 6.71. The van der Waals surface area contributed by atoms with Crippen molar-refractivity contribution in [3.05, 3.63) is 12.4 Å². The zero-order chi connectivity index (χ0) is 16.4. The Morgan fingerprint density at radius 1 is 1.48 bits per heavy atom. The minimum atomic E-state index is -0.615. The topological polar surface area (TPSA) is 61.9 Å². The Balaban J connectivity index is 1.68. The first kappa shape index (κ1) is 16.4. The van der Waals surface area contributed by atoms with Crippen molar-refractivity contribution in [1.82, 2.24) is 14.5 Å². The van der Waals surface area contributed by atoms with Gasteiger partial charge in [0.05, 0.1) is 11.3 Å². The van der Waals surface area contributed by atoms with Gasteiger partial charge in [-0.3, -0.25) is 4.79 Å². The lowest BCUT2D eigenvalue weighted by Gasteiger charge is -2.40. The van der Waals surface area contributed by atoms with Crippen LogP contribution >= 0.6 is 11.8 Å². The third-order valence-electron chi connectivity index (χ3n) is 5.06. The number of hydrogen-bond acceptors (Lipinski definition) is 4. The summed E-state index contributed by atoms with van der Waals surface area (Å²) >= 11 is 1.51. The van der Waals surface area contributed by atoms with Crippen LogP contribution in [-0.4, -0.2) is 38.2 Å². The van der Waals surface area contributed by atoms with E-state index in [0.29, 0.717) is 6.04 Å². The van der Waals surface area contributed by atoms with E-state index in [0.717, 1.165) is 37.3 Å².